The van der Waals surface area contributed by atoms with Crippen molar-refractivity contribution in [2.24, 2.45) is 0 Å². The van der Waals surface area contributed by atoms with Gasteiger partial charge in [-0.05, 0) is 30.2 Å². The van der Waals surface area contributed by atoms with Crippen molar-refractivity contribution in [3.05, 3.63) is 101 Å². The van der Waals surface area contributed by atoms with E-state index in [0.717, 1.165) is 11.1 Å². The Hall–Kier alpha value is -2.98. The van der Waals surface area contributed by atoms with Gasteiger partial charge >= 0.3 is 0 Å². The SMILES string of the molecule is CC(c1ccccc1)N1C(=O)c2cccnc2C1(O)Cc1ccccc1. The van der Waals surface area contributed by atoms with E-state index in [4.69, 9.17) is 0 Å². The van der Waals surface area contributed by atoms with Crippen molar-refractivity contribution in [2.45, 2.75) is 25.1 Å². The Bertz CT molecular complexity index is 927. The average Bonchev–Trinajstić information content (AvgIpc) is 2.90. The summed E-state index contributed by atoms with van der Waals surface area (Å²) < 4.78 is 0. The summed E-state index contributed by atoms with van der Waals surface area (Å²) in [6.45, 7) is 1.94. The summed E-state index contributed by atoms with van der Waals surface area (Å²) in [7, 11) is 0. The summed E-state index contributed by atoms with van der Waals surface area (Å²) >= 11 is 0. The van der Waals surface area contributed by atoms with E-state index in [1.807, 2.05) is 67.6 Å². The van der Waals surface area contributed by atoms with Crippen LogP contribution in [-0.2, 0) is 12.1 Å². The number of amides is 1. The summed E-state index contributed by atoms with van der Waals surface area (Å²) in [5, 5.41) is 11.7. The lowest BCUT2D eigenvalue weighted by Gasteiger charge is -2.38. The standard InChI is InChI=1S/C22H20N2O2/c1-16(18-11-6-3-7-12-18)24-21(25)19-13-8-14-23-20(19)22(24,26)15-17-9-4-2-5-10-17/h2-14,16,26H,15H2,1H3. The zero-order valence-corrected chi connectivity index (χ0v) is 14.5. The second-order valence-corrected chi connectivity index (χ2v) is 6.64. The Morgan fingerprint density at radius 1 is 1.00 bits per heavy atom. The lowest BCUT2D eigenvalue weighted by molar-refractivity contribution is -0.103. The molecule has 4 rings (SSSR count). The molecule has 0 saturated carbocycles. The molecule has 2 heterocycles. The number of hydrogen-bond acceptors (Lipinski definition) is 3. The maximum absolute atomic E-state index is 13.1. The van der Waals surface area contributed by atoms with Crippen molar-refractivity contribution >= 4 is 5.91 Å². The maximum atomic E-state index is 13.1. The van der Waals surface area contributed by atoms with Crippen molar-refractivity contribution < 1.29 is 9.90 Å². The van der Waals surface area contributed by atoms with E-state index in [0.29, 0.717) is 17.7 Å². The van der Waals surface area contributed by atoms with Crippen LogP contribution >= 0.6 is 0 Å². The second kappa shape index (κ2) is 6.39. The van der Waals surface area contributed by atoms with Gasteiger partial charge in [0, 0.05) is 12.6 Å². The molecule has 0 bridgehead atoms. The third-order valence-corrected chi connectivity index (χ3v) is 5.00. The third kappa shape index (κ3) is 2.59. The third-order valence-electron chi connectivity index (χ3n) is 5.00. The Kier molecular flexibility index (Phi) is 4.05. The van der Waals surface area contributed by atoms with Crippen LogP contribution in [0.3, 0.4) is 0 Å². The molecule has 2 unspecified atom stereocenters. The van der Waals surface area contributed by atoms with Crippen molar-refractivity contribution in [3.8, 4) is 0 Å². The lowest BCUT2D eigenvalue weighted by atomic mass is 9.96. The first kappa shape index (κ1) is 16.5. The minimum Gasteiger partial charge on any atom is -0.365 e. The van der Waals surface area contributed by atoms with Crippen LogP contribution in [-0.4, -0.2) is 20.9 Å². The molecule has 2 aromatic carbocycles. The average molecular weight is 344 g/mol. The minimum atomic E-state index is -1.48. The predicted octanol–water partition coefficient (Wildman–Crippen LogP) is 3.69. The highest BCUT2D eigenvalue weighted by molar-refractivity contribution is 5.99. The number of rotatable bonds is 4. The van der Waals surface area contributed by atoms with Gasteiger partial charge in [0.15, 0.2) is 5.72 Å². The number of aliphatic hydroxyl groups is 1. The molecule has 0 aliphatic carbocycles. The van der Waals surface area contributed by atoms with Crippen molar-refractivity contribution in [1.82, 2.24) is 9.88 Å². The minimum absolute atomic E-state index is 0.192. The monoisotopic (exact) mass is 344 g/mol. The van der Waals surface area contributed by atoms with E-state index in [2.05, 4.69) is 4.98 Å². The summed E-state index contributed by atoms with van der Waals surface area (Å²) in [5.74, 6) is -0.192. The molecule has 4 nitrogen and oxygen atoms in total. The fourth-order valence-corrected chi connectivity index (χ4v) is 3.74. The molecule has 26 heavy (non-hydrogen) atoms. The highest BCUT2D eigenvalue weighted by atomic mass is 16.3. The normalized spacial score (nSPS) is 20.1. The number of hydrogen-bond donors (Lipinski definition) is 1. The van der Waals surface area contributed by atoms with Gasteiger partial charge < -0.3 is 5.11 Å². The molecule has 1 N–H and O–H groups in total. The van der Waals surface area contributed by atoms with E-state index >= 15 is 0 Å². The molecule has 1 amide bonds. The van der Waals surface area contributed by atoms with Crippen LogP contribution in [0.1, 0.15) is 40.1 Å². The first-order valence-electron chi connectivity index (χ1n) is 8.71. The van der Waals surface area contributed by atoms with Crippen LogP contribution < -0.4 is 0 Å². The number of carbonyl (C=O) groups is 1. The van der Waals surface area contributed by atoms with E-state index in [9.17, 15) is 9.90 Å². The first-order chi connectivity index (χ1) is 12.6. The van der Waals surface area contributed by atoms with Crippen LogP contribution in [0.4, 0.5) is 0 Å². The van der Waals surface area contributed by atoms with E-state index < -0.39 is 5.72 Å². The smallest absolute Gasteiger partial charge is 0.258 e. The summed E-state index contributed by atoms with van der Waals surface area (Å²) in [4.78, 5) is 19.1. The molecule has 1 aliphatic heterocycles. The number of benzene rings is 2. The zero-order valence-electron chi connectivity index (χ0n) is 14.5. The number of fused-ring (bicyclic) bond motifs is 1. The fourth-order valence-electron chi connectivity index (χ4n) is 3.74. The number of aromatic nitrogens is 1. The van der Waals surface area contributed by atoms with Gasteiger partial charge in [0.2, 0.25) is 0 Å². The molecule has 1 aromatic heterocycles. The van der Waals surface area contributed by atoms with Crippen LogP contribution in [0, 0.1) is 0 Å². The number of pyridine rings is 1. The van der Waals surface area contributed by atoms with Gasteiger partial charge in [-0.25, -0.2) is 0 Å². The van der Waals surface area contributed by atoms with Crippen LogP contribution in [0.2, 0.25) is 0 Å². The summed E-state index contributed by atoms with van der Waals surface area (Å²) in [6, 6.07) is 22.6. The van der Waals surface area contributed by atoms with E-state index in [1.54, 1.807) is 23.2 Å². The molecule has 130 valence electrons. The van der Waals surface area contributed by atoms with Gasteiger partial charge in [-0.3, -0.25) is 14.7 Å². The van der Waals surface area contributed by atoms with E-state index in [1.165, 1.54) is 0 Å². The van der Waals surface area contributed by atoms with Crippen LogP contribution in [0.5, 0.6) is 0 Å². The lowest BCUT2D eigenvalue weighted by Crippen LogP contribution is -2.47. The molecular weight excluding hydrogens is 324 g/mol. The number of carbonyl (C=O) groups excluding carboxylic acids is 1. The molecule has 3 aromatic rings. The molecule has 1 aliphatic rings. The molecule has 0 saturated heterocycles. The van der Waals surface area contributed by atoms with Gasteiger partial charge in [-0.15, -0.1) is 0 Å². The second-order valence-electron chi connectivity index (χ2n) is 6.64. The number of nitrogens with zero attached hydrogens (tertiary/aromatic N) is 2. The Morgan fingerprint density at radius 2 is 1.65 bits per heavy atom. The van der Waals surface area contributed by atoms with Crippen LogP contribution in [0.15, 0.2) is 79.0 Å². The Balaban J connectivity index is 1.82. The molecule has 0 spiro atoms. The highest BCUT2D eigenvalue weighted by Gasteiger charge is 2.51. The zero-order chi connectivity index (χ0) is 18.1. The van der Waals surface area contributed by atoms with Gasteiger partial charge in [-0.2, -0.15) is 0 Å². The predicted molar refractivity (Wildman–Crippen MR) is 99.3 cm³/mol. The summed E-state index contributed by atoms with van der Waals surface area (Å²) in [6.07, 6.45) is 1.92. The molecule has 0 fully saturated rings. The molecule has 0 radical (unpaired) electrons. The van der Waals surface area contributed by atoms with Crippen molar-refractivity contribution in [1.29, 1.82) is 0 Å². The molecule has 2 atom stereocenters. The van der Waals surface area contributed by atoms with Crippen molar-refractivity contribution in [3.63, 3.8) is 0 Å². The van der Waals surface area contributed by atoms with Crippen LogP contribution in [0.25, 0.3) is 0 Å². The molecule has 4 heteroatoms. The fraction of sp³-hybridized carbons (Fsp3) is 0.182. The van der Waals surface area contributed by atoms with Gasteiger partial charge in [-0.1, -0.05) is 60.7 Å². The van der Waals surface area contributed by atoms with Gasteiger partial charge in [0.25, 0.3) is 5.91 Å². The maximum Gasteiger partial charge on any atom is 0.258 e. The topological polar surface area (TPSA) is 53.4 Å². The largest absolute Gasteiger partial charge is 0.365 e. The van der Waals surface area contributed by atoms with Crippen molar-refractivity contribution in [2.75, 3.05) is 0 Å². The molecular formula is C22H20N2O2. The first-order valence-corrected chi connectivity index (χ1v) is 8.71. The Labute approximate surface area is 152 Å². The summed E-state index contributed by atoms with van der Waals surface area (Å²) in [5.41, 5.74) is 1.33. The highest BCUT2D eigenvalue weighted by Crippen LogP contribution is 2.43. The van der Waals surface area contributed by atoms with E-state index in [-0.39, 0.29) is 11.9 Å². The van der Waals surface area contributed by atoms with Gasteiger partial charge in [0.1, 0.15) is 5.69 Å². The van der Waals surface area contributed by atoms with Gasteiger partial charge in [0.05, 0.1) is 11.6 Å². The quantitative estimate of drug-likeness (QED) is 0.785. The Morgan fingerprint density at radius 3 is 2.35 bits per heavy atom.